The Labute approximate surface area is 132 Å². The summed E-state index contributed by atoms with van der Waals surface area (Å²) < 4.78 is 11.8. The number of ether oxygens (including phenoxy) is 2. The second kappa shape index (κ2) is 5.73. The highest BCUT2D eigenvalue weighted by atomic mass is 79.9. The molecule has 0 aromatic carbocycles. The Bertz CT molecular complexity index is 502. The maximum Gasteiger partial charge on any atom is 0.309 e. The number of carbonyl (C=O) groups excluding carboxylic acids is 1. The molecule has 1 saturated carbocycles. The number of carbonyl (C=O) groups is 1. The highest BCUT2D eigenvalue weighted by molar-refractivity contribution is 9.11. The summed E-state index contributed by atoms with van der Waals surface area (Å²) in [5, 5.41) is 0.975. The molecule has 2 rings (SSSR count). The molecule has 4 nitrogen and oxygen atoms in total. The maximum atomic E-state index is 11.9. The van der Waals surface area contributed by atoms with Gasteiger partial charge in [-0.2, -0.15) is 0 Å². The number of aromatic nitrogens is 1. The zero-order chi connectivity index (χ0) is 15.0. The van der Waals surface area contributed by atoms with Gasteiger partial charge >= 0.3 is 5.97 Å². The molecule has 112 valence electrons. The van der Waals surface area contributed by atoms with E-state index in [1.165, 1.54) is 7.11 Å². The van der Waals surface area contributed by atoms with Crippen molar-refractivity contribution in [2.24, 2.45) is 11.3 Å². The zero-order valence-electron chi connectivity index (χ0n) is 12.2. The Morgan fingerprint density at radius 3 is 2.65 bits per heavy atom. The minimum absolute atomic E-state index is 0.0841. The molecule has 1 fully saturated rings. The molecule has 1 aromatic rings. The van der Waals surface area contributed by atoms with E-state index in [1.54, 1.807) is 24.6 Å². The van der Waals surface area contributed by atoms with Gasteiger partial charge in [-0.15, -0.1) is 11.3 Å². The van der Waals surface area contributed by atoms with Crippen molar-refractivity contribution >= 4 is 33.2 Å². The van der Waals surface area contributed by atoms with Gasteiger partial charge in [0.15, 0.2) is 0 Å². The number of halogens is 1. The van der Waals surface area contributed by atoms with Crippen molar-refractivity contribution in [1.82, 2.24) is 4.98 Å². The third-order valence-electron chi connectivity index (χ3n) is 4.27. The Balaban J connectivity index is 2.30. The summed E-state index contributed by atoms with van der Waals surface area (Å²) in [6, 6.07) is 0. The Hall–Kier alpha value is -0.460. The topological polar surface area (TPSA) is 48.4 Å². The lowest BCUT2D eigenvalue weighted by molar-refractivity contribution is -0.160. The van der Waals surface area contributed by atoms with Crippen molar-refractivity contribution in [3.05, 3.63) is 15.0 Å². The van der Waals surface area contributed by atoms with Crippen LogP contribution in [-0.4, -0.2) is 25.2 Å². The van der Waals surface area contributed by atoms with E-state index in [1.807, 2.05) is 0 Å². The van der Waals surface area contributed by atoms with Crippen molar-refractivity contribution in [3.8, 4) is 0 Å². The first-order chi connectivity index (χ1) is 9.34. The van der Waals surface area contributed by atoms with Gasteiger partial charge in [0, 0.05) is 7.11 Å². The van der Waals surface area contributed by atoms with E-state index >= 15 is 0 Å². The average molecular weight is 362 g/mol. The van der Waals surface area contributed by atoms with Crippen LogP contribution >= 0.6 is 27.3 Å². The summed E-state index contributed by atoms with van der Waals surface area (Å²) in [5.74, 6) is -0.209. The van der Waals surface area contributed by atoms with Crippen LogP contribution in [0.15, 0.2) is 9.98 Å². The fraction of sp³-hybridized carbons (Fsp3) is 0.714. The Morgan fingerprint density at radius 1 is 1.50 bits per heavy atom. The van der Waals surface area contributed by atoms with Gasteiger partial charge < -0.3 is 9.47 Å². The molecule has 2 atom stereocenters. The van der Waals surface area contributed by atoms with Crippen LogP contribution < -0.4 is 0 Å². The van der Waals surface area contributed by atoms with Crippen molar-refractivity contribution in [3.63, 3.8) is 0 Å². The third-order valence-corrected chi connectivity index (χ3v) is 5.93. The first kappa shape index (κ1) is 15.9. The third kappa shape index (κ3) is 2.78. The number of hydrogen-bond acceptors (Lipinski definition) is 5. The lowest BCUT2D eigenvalue weighted by atomic mass is 9.63. The molecule has 1 aliphatic rings. The highest BCUT2D eigenvalue weighted by Gasteiger charge is 2.50. The molecule has 0 spiro atoms. The van der Waals surface area contributed by atoms with Crippen molar-refractivity contribution in [1.29, 1.82) is 0 Å². The molecule has 0 N–H and O–H groups in total. The summed E-state index contributed by atoms with van der Waals surface area (Å²) in [4.78, 5) is 16.4. The molecule has 0 radical (unpaired) electrons. The van der Waals surface area contributed by atoms with Gasteiger partial charge in [0.1, 0.15) is 10.6 Å². The second-order valence-corrected chi connectivity index (χ2v) is 8.36. The van der Waals surface area contributed by atoms with Crippen LogP contribution in [0.5, 0.6) is 0 Å². The summed E-state index contributed by atoms with van der Waals surface area (Å²) in [6.45, 7) is 4.20. The van der Waals surface area contributed by atoms with Gasteiger partial charge in [-0.1, -0.05) is 13.8 Å². The standard InChI is InChI=1S/C14H20BrNO3S/c1-13(2)8-14(19-4,12-16-7-10(15)20-12)6-5-9(13)11(17)18-3/h7,9H,5-6,8H2,1-4H3/t9-,14-/m1/s1. The molecule has 0 aliphatic heterocycles. The van der Waals surface area contributed by atoms with Crippen molar-refractivity contribution in [2.45, 2.75) is 38.7 Å². The molecule has 0 bridgehead atoms. The van der Waals surface area contributed by atoms with Gasteiger partial charge in [-0.25, -0.2) is 4.98 Å². The molecular weight excluding hydrogens is 342 g/mol. The van der Waals surface area contributed by atoms with E-state index in [9.17, 15) is 4.79 Å². The van der Waals surface area contributed by atoms with Gasteiger partial charge in [0.25, 0.3) is 0 Å². The number of hydrogen-bond donors (Lipinski definition) is 0. The maximum absolute atomic E-state index is 11.9. The largest absolute Gasteiger partial charge is 0.469 e. The number of rotatable bonds is 3. The predicted molar refractivity (Wildman–Crippen MR) is 81.6 cm³/mol. The Morgan fingerprint density at radius 2 is 2.20 bits per heavy atom. The van der Waals surface area contributed by atoms with E-state index in [0.717, 1.165) is 28.1 Å². The van der Waals surface area contributed by atoms with Gasteiger partial charge in [0.2, 0.25) is 0 Å². The first-order valence-corrected chi connectivity index (χ1v) is 8.20. The van der Waals surface area contributed by atoms with Gasteiger partial charge in [0.05, 0.1) is 23.0 Å². The van der Waals surface area contributed by atoms with E-state index in [-0.39, 0.29) is 17.3 Å². The SMILES string of the molecule is COC(=O)[C@H]1CC[C@](OC)(c2ncc(Br)s2)CC1(C)C. The molecule has 1 aliphatic carbocycles. The highest BCUT2D eigenvalue weighted by Crippen LogP contribution is 2.52. The number of nitrogens with zero attached hydrogens (tertiary/aromatic N) is 1. The molecular formula is C14H20BrNO3S. The monoisotopic (exact) mass is 361 g/mol. The molecule has 1 heterocycles. The van der Waals surface area contributed by atoms with Gasteiger partial charge in [-0.3, -0.25) is 4.79 Å². The Kier molecular flexibility index (Phi) is 4.56. The normalized spacial score (nSPS) is 29.1. The van der Waals surface area contributed by atoms with Crippen LogP contribution in [0.1, 0.15) is 38.1 Å². The molecule has 0 saturated heterocycles. The number of esters is 1. The predicted octanol–water partition coefficient (Wildman–Crippen LogP) is 3.75. The molecule has 0 amide bonds. The average Bonchev–Trinajstić information content (AvgIpc) is 2.84. The van der Waals surface area contributed by atoms with Crippen molar-refractivity contribution < 1.29 is 14.3 Å². The summed E-state index contributed by atoms with van der Waals surface area (Å²) >= 11 is 5.05. The first-order valence-electron chi connectivity index (χ1n) is 6.59. The fourth-order valence-corrected chi connectivity index (χ4v) is 4.61. The van der Waals surface area contributed by atoms with Crippen LogP contribution in [0, 0.1) is 11.3 Å². The van der Waals surface area contributed by atoms with Crippen molar-refractivity contribution in [2.75, 3.05) is 14.2 Å². The van der Waals surface area contributed by atoms with E-state index in [0.29, 0.717) is 0 Å². The van der Waals surface area contributed by atoms with E-state index < -0.39 is 5.60 Å². The van der Waals surface area contributed by atoms with E-state index in [4.69, 9.17) is 9.47 Å². The fourth-order valence-electron chi connectivity index (χ4n) is 3.20. The van der Waals surface area contributed by atoms with Crippen LogP contribution in [0.3, 0.4) is 0 Å². The summed E-state index contributed by atoms with van der Waals surface area (Å²) in [5.41, 5.74) is -0.579. The zero-order valence-corrected chi connectivity index (χ0v) is 14.6. The minimum Gasteiger partial charge on any atom is -0.469 e. The smallest absolute Gasteiger partial charge is 0.309 e. The molecule has 20 heavy (non-hydrogen) atoms. The minimum atomic E-state index is -0.398. The number of methoxy groups -OCH3 is 2. The molecule has 1 aromatic heterocycles. The van der Waals surface area contributed by atoms with Crippen LogP contribution in [0.25, 0.3) is 0 Å². The van der Waals surface area contributed by atoms with E-state index in [2.05, 4.69) is 34.8 Å². The molecule has 0 unspecified atom stereocenters. The van der Waals surface area contributed by atoms with Crippen LogP contribution in [0.2, 0.25) is 0 Å². The lowest BCUT2D eigenvalue weighted by Crippen LogP contribution is -2.46. The lowest BCUT2D eigenvalue weighted by Gasteiger charge is -2.46. The quantitative estimate of drug-likeness (QED) is 0.769. The summed E-state index contributed by atoms with van der Waals surface area (Å²) in [7, 11) is 3.18. The molecule has 6 heteroatoms. The number of thiazole rings is 1. The van der Waals surface area contributed by atoms with Crippen LogP contribution in [0.4, 0.5) is 0 Å². The van der Waals surface area contributed by atoms with Crippen LogP contribution in [-0.2, 0) is 19.9 Å². The van der Waals surface area contributed by atoms with Gasteiger partial charge in [-0.05, 0) is 40.6 Å². The second-order valence-electron chi connectivity index (χ2n) is 5.95. The summed E-state index contributed by atoms with van der Waals surface area (Å²) in [6.07, 6.45) is 4.10.